The molecule has 3 rings (SSSR count). The maximum atomic E-state index is 12.8. The number of ether oxygens (including phenoxy) is 1. The Kier molecular flexibility index (Phi) is 5.06. The Balaban J connectivity index is 1.96. The van der Waals surface area contributed by atoms with Gasteiger partial charge in [0.25, 0.3) is 0 Å². The van der Waals surface area contributed by atoms with Crippen LogP contribution in [0.1, 0.15) is 21.7 Å². The molecule has 2 aromatic heterocycles. The van der Waals surface area contributed by atoms with E-state index in [0.717, 1.165) is 16.7 Å². The van der Waals surface area contributed by atoms with Gasteiger partial charge in [-0.3, -0.25) is 4.57 Å². The molecule has 2 heterocycles. The predicted molar refractivity (Wildman–Crippen MR) is 93.4 cm³/mol. The molecule has 0 fully saturated rings. The molecule has 8 nitrogen and oxygen atoms in total. The van der Waals surface area contributed by atoms with Gasteiger partial charge in [-0.05, 0) is 48.9 Å². The van der Waals surface area contributed by atoms with Crippen LogP contribution < -0.4 is 10.4 Å². The fourth-order valence-electron chi connectivity index (χ4n) is 2.73. The summed E-state index contributed by atoms with van der Waals surface area (Å²) in [6.07, 6.45) is -3.56. The molecule has 2 N–H and O–H groups in total. The number of hydrogen-bond donors (Lipinski definition) is 2. The summed E-state index contributed by atoms with van der Waals surface area (Å²) < 4.78 is 42.7. The van der Waals surface area contributed by atoms with E-state index in [1.165, 1.54) is 42.0 Å². The van der Waals surface area contributed by atoms with Crippen LogP contribution in [0, 0.1) is 6.92 Å². The summed E-state index contributed by atoms with van der Waals surface area (Å²) in [5.74, 6) is -2.09. The highest BCUT2D eigenvalue weighted by Crippen LogP contribution is 2.25. The number of benzene rings is 1. The molecule has 0 aliphatic rings. The third-order valence-corrected chi connectivity index (χ3v) is 4.08. The van der Waals surface area contributed by atoms with Crippen molar-refractivity contribution in [1.29, 1.82) is 0 Å². The zero-order valence-corrected chi connectivity index (χ0v) is 14.8. The van der Waals surface area contributed by atoms with Crippen LogP contribution in [0.25, 0.3) is 5.69 Å². The first-order chi connectivity index (χ1) is 13.6. The lowest BCUT2D eigenvalue weighted by atomic mass is 10.2. The van der Waals surface area contributed by atoms with Crippen molar-refractivity contribution < 1.29 is 32.9 Å². The van der Waals surface area contributed by atoms with Crippen molar-refractivity contribution in [2.75, 3.05) is 0 Å². The highest BCUT2D eigenvalue weighted by Gasteiger charge is 2.31. The van der Waals surface area contributed by atoms with Crippen molar-refractivity contribution in [3.8, 4) is 17.3 Å². The summed E-state index contributed by atoms with van der Waals surface area (Å²) in [6, 6.07) is 7.25. The van der Waals surface area contributed by atoms with Gasteiger partial charge in [-0.15, -0.1) is 13.2 Å². The van der Waals surface area contributed by atoms with Gasteiger partial charge in [0.05, 0.1) is 17.9 Å². The van der Waals surface area contributed by atoms with E-state index >= 15 is 0 Å². The van der Waals surface area contributed by atoms with E-state index in [9.17, 15) is 27.9 Å². The zero-order chi connectivity index (χ0) is 21.3. The Morgan fingerprint density at radius 3 is 2.45 bits per heavy atom. The summed E-state index contributed by atoms with van der Waals surface area (Å²) in [4.78, 5) is 27.5. The van der Waals surface area contributed by atoms with E-state index in [2.05, 4.69) is 9.72 Å². The minimum atomic E-state index is -4.85. The van der Waals surface area contributed by atoms with Crippen molar-refractivity contribution in [3.63, 3.8) is 0 Å². The highest BCUT2D eigenvalue weighted by atomic mass is 19.4. The molecule has 0 aliphatic heterocycles. The fourth-order valence-corrected chi connectivity index (χ4v) is 2.73. The SMILES string of the molecule is Cc1c(O)n(-c2ccc(OC(F)(F)F)cc2)c(=O)n1Cc1ccnc(C(=O)O)c1. The standard InChI is InChI=1S/C18H14F3N3O5/c1-10-15(25)24(12-2-4-13(5-3-12)29-18(19,20)21)17(28)23(10)9-11-6-7-22-14(8-11)16(26)27/h2-8,25H,9H2,1H3,(H,26,27). The minimum Gasteiger partial charge on any atom is -0.493 e. The lowest BCUT2D eigenvalue weighted by molar-refractivity contribution is -0.274. The Morgan fingerprint density at radius 2 is 1.86 bits per heavy atom. The maximum Gasteiger partial charge on any atom is 0.573 e. The van der Waals surface area contributed by atoms with E-state index in [-0.39, 0.29) is 23.6 Å². The van der Waals surface area contributed by atoms with Crippen molar-refractivity contribution in [2.24, 2.45) is 0 Å². The number of imidazole rings is 1. The summed E-state index contributed by atoms with van der Waals surface area (Å²) in [6.45, 7) is 1.44. The number of halogens is 3. The van der Waals surface area contributed by atoms with Gasteiger partial charge < -0.3 is 14.9 Å². The molecular weight excluding hydrogens is 395 g/mol. The fraction of sp³-hybridized carbons (Fsp3) is 0.167. The molecule has 29 heavy (non-hydrogen) atoms. The van der Waals surface area contributed by atoms with Crippen molar-refractivity contribution >= 4 is 5.97 Å². The number of carboxylic acids is 1. The van der Waals surface area contributed by atoms with Crippen LogP contribution >= 0.6 is 0 Å². The summed E-state index contributed by atoms with van der Waals surface area (Å²) in [5, 5.41) is 19.4. The van der Waals surface area contributed by atoms with Crippen molar-refractivity contribution in [3.05, 3.63) is 70.0 Å². The topological polar surface area (TPSA) is 107 Å². The Bertz CT molecular complexity index is 1120. The molecular formula is C18H14F3N3O5. The van der Waals surface area contributed by atoms with Crippen molar-refractivity contribution in [2.45, 2.75) is 19.8 Å². The second-order valence-corrected chi connectivity index (χ2v) is 6.01. The largest absolute Gasteiger partial charge is 0.573 e. The molecule has 11 heteroatoms. The number of aromatic carboxylic acids is 1. The van der Waals surface area contributed by atoms with Gasteiger partial charge in [-0.1, -0.05) is 0 Å². The smallest absolute Gasteiger partial charge is 0.493 e. The average molecular weight is 409 g/mol. The zero-order valence-electron chi connectivity index (χ0n) is 14.8. The highest BCUT2D eigenvalue weighted by molar-refractivity contribution is 5.85. The van der Waals surface area contributed by atoms with E-state index in [0.29, 0.717) is 5.56 Å². The normalized spacial score (nSPS) is 11.4. The number of nitrogens with zero attached hydrogens (tertiary/aromatic N) is 3. The third-order valence-electron chi connectivity index (χ3n) is 4.08. The molecule has 0 aliphatic carbocycles. The molecule has 0 saturated carbocycles. The molecule has 0 radical (unpaired) electrons. The molecule has 0 unspecified atom stereocenters. The minimum absolute atomic E-state index is 0.0384. The van der Waals surface area contributed by atoms with Gasteiger partial charge in [0, 0.05) is 6.20 Å². The summed E-state index contributed by atoms with van der Waals surface area (Å²) in [7, 11) is 0. The average Bonchev–Trinajstić information content (AvgIpc) is 2.85. The van der Waals surface area contributed by atoms with Crippen LogP contribution in [-0.2, 0) is 6.54 Å². The quantitative estimate of drug-likeness (QED) is 0.671. The molecule has 3 aromatic rings. The number of hydrogen-bond acceptors (Lipinski definition) is 5. The second kappa shape index (κ2) is 7.34. The number of carbonyl (C=O) groups is 1. The number of aromatic nitrogens is 3. The molecule has 1 aromatic carbocycles. The number of alkyl halides is 3. The van der Waals surface area contributed by atoms with Crippen LogP contribution in [0.4, 0.5) is 13.2 Å². The number of rotatable bonds is 5. The second-order valence-electron chi connectivity index (χ2n) is 6.01. The molecule has 0 atom stereocenters. The Hall–Kier alpha value is -3.76. The van der Waals surface area contributed by atoms with Gasteiger partial charge in [0.2, 0.25) is 5.88 Å². The summed E-state index contributed by atoms with van der Waals surface area (Å²) >= 11 is 0. The number of carboxylic acid groups (broad SMARTS) is 1. The molecule has 152 valence electrons. The van der Waals surface area contributed by atoms with Crippen LogP contribution in [0.5, 0.6) is 11.6 Å². The third kappa shape index (κ3) is 4.23. The molecule has 0 amide bonds. The van der Waals surface area contributed by atoms with Crippen molar-refractivity contribution in [1.82, 2.24) is 14.1 Å². The number of aromatic hydroxyl groups is 1. The Labute approximate surface area is 161 Å². The van der Waals surface area contributed by atoms with Crippen LogP contribution in [0.2, 0.25) is 0 Å². The lowest BCUT2D eigenvalue weighted by Crippen LogP contribution is -2.24. The first-order valence-electron chi connectivity index (χ1n) is 8.12. The number of pyridine rings is 1. The van der Waals surface area contributed by atoms with Gasteiger partial charge in [-0.2, -0.15) is 0 Å². The Morgan fingerprint density at radius 1 is 1.21 bits per heavy atom. The predicted octanol–water partition coefficient (Wildman–Crippen LogP) is 2.69. The first-order valence-corrected chi connectivity index (χ1v) is 8.12. The molecule has 0 spiro atoms. The monoisotopic (exact) mass is 409 g/mol. The maximum absolute atomic E-state index is 12.8. The van der Waals surface area contributed by atoms with Crippen LogP contribution in [0.3, 0.4) is 0 Å². The lowest BCUT2D eigenvalue weighted by Gasteiger charge is -2.09. The van der Waals surface area contributed by atoms with Gasteiger partial charge >= 0.3 is 18.0 Å². The van der Waals surface area contributed by atoms with E-state index < -0.39 is 29.7 Å². The molecule has 0 saturated heterocycles. The van der Waals surface area contributed by atoms with Gasteiger partial charge in [0.15, 0.2) is 0 Å². The van der Waals surface area contributed by atoms with E-state index in [1.54, 1.807) is 0 Å². The first kappa shape index (κ1) is 20.0. The summed E-state index contributed by atoms with van der Waals surface area (Å²) in [5.41, 5.74) is -0.0619. The van der Waals surface area contributed by atoms with Gasteiger partial charge in [-0.25, -0.2) is 19.1 Å². The van der Waals surface area contributed by atoms with E-state index in [1.807, 2.05) is 0 Å². The molecule has 0 bridgehead atoms. The van der Waals surface area contributed by atoms with E-state index in [4.69, 9.17) is 5.11 Å². The van der Waals surface area contributed by atoms with Crippen LogP contribution in [0.15, 0.2) is 47.4 Å². The van der Waals surface area contributed by atoms with Gasteiger partial charge in [0.1, 0.15) is 11.4 Å². The van der Waals surface area contributed by atoms with Crippen LogP contribution in [-0.4, -0.2) is 36.7 Å².